The van der Waals surface area contributed by atoms with Crippen LogP contribution < -0.4 is 4.74 Å². The van der Waals surface area contributed by atoms with Gasteiger partial charge in [-0.1, -0.05) is 30.3 Å². The average molecular weight is 344 g/mol. The van der Waals surface area contributed by atoms with E-state index in [1.165, 1.54) is 0 Å². The smallest absolute Gasteiger partial charge is 0.276 e. The Morgan fingerprint density at radius 3 is 2.84 bits per heavy atom. The van der Waals surface area contributed by atoms with Crippen LogP contribution in [0.25, 0.3) is 0 Å². The fourth-order valence-corrected chi connectivity index (χ4v) is 3.00. The van der Waals surface area contributed by atoms with Gasteiger partial charge in [0.2, 0.25) is 0 Å². The molecule has 1 N–H and O–H groups in total. The fraction of sp³-hybridized carbons (Fsp3) is 0.474. The first kappa shape index (κ1) is 17.5. The number of aromatic nitrogens is 1. The van der Waals surface area contributed by atoms with Gasteiger partial charge in [-0.2, -0.15) is 0 Å². The van der Waals surface area contributed by atoms with Crippen molar-refractivity contribution < 1.29 is 19.2 Å². The number of carbonyl (C=O) groups is 1. The Hall–Kier alpha value is -2.34. The molecule has 3 rings (SSSR count). The van der Waals surface area contributed by atoms with E-state index in [1.807, 2.05) is 37.3 Å². The monoisotopic (exact) mass is 344 g/mol. The molecule has 1 amide bonds. The van der Waals surface area contributed by atoms with E-state index in [4.69, 9.17) is 9.26 Å². The second-order valence-electron chi connectivity index (χ2n) is 6.50. The number of nitrogens with zero attached hydrogens (tertiary/aromatic N) is 2. The average Bonchev–Trinajstić information content (AvgIpc) is 3.04. The van der Waals surface area contributed by atoms with Crippen molar-refractivity contribution in [3.63, 3.8) is 0 Å². The SMILES string of the molecule is CCc1cc(C(=O)N2CCCC(O)(COc3ccccc3)CC2)no1. The highest BCUT2D eigenvalue weighted by Crippen LogP contribution is 2.25. The minimum atomic E-state index is -0.927. The van der Waals surface area contributed by atoms with Crippen molar-refractivity contribution in [2.75, 3.05) is 19.7 Å². The number of aliphatic hydroxyl groups is 1. The van der Waals surface area contributed by atoms with Gasteiger partial charge in [-0.05, 0) is 31.4 Å². The summed E-state index contributed by atoms with van der Waals surface area (Å²) in [6.07, 6.45) is 2.50. The van der Waals surface area contributed by atoms with E-state index >= 15 is 0 Å². The Morgan fingerprint density at radius 1 is 1.32 bits per heavy atom. The number of likely N-dealkylation sites (tertiary alicyclic amines) is 1. The summed E-state index contributed by atoms with van der Waals surface area (Å²) in [6.45, 7) is 3.25. The Balaban J connectivity index is 1.58. The predicted octanol–water partition coefficient (Wildman–Crippen LogP) is 2.67. The van der Waals surface area contributed by atoms with Crippen molar-refractivity contribution in [1.82, 2.24) is 10.1 Å². The molecule has 0 spiro atoms. The Morgan fingerprint density at radius 2 is 2.12 bits per heavy atom. The van der Waals surface area contributed by atoms with Gasteiger partial charge >= 0.3 is 0 Å². The second-order valence-corrected chi connectivity index (χ2v) is 6.50. The molecule has 1 unspecified atom stereocenters. The minimum absolute atomic E-state index is 0.142. The zero-order valence-corrected chi connectivity index (χ0v) is 14.5. The number of ether oxygens (including phenoxy) is 1. The van der Waals surface area contributed by atoms with Crippen LogP contribution in [0.3, 0.4) is 0 Å². The molecular weight excluding hydrogens is 320 g/mol. The molecule has 6 heteroatoms. The molecule has 1 aliphatic heterocycles. The normalized spacial score (nSPS) is 21.0. The zero-order valence-electron chi connectivity index (χ0n) is 14.5. The highest BCUT2D eigenvalue weighted by atomic mass is 16.5. The molecule has 0 radical (unpaired) electrons. The van der Waals surface area contributed by atoms with Crippen molar-refractivity contribution >= 4 is 5.91 Å². The van der Waals surface area contributed by atoms with Gasteiger partial charge in [-0.25, -0.2) is 0 Å². The van der Waals surface area contributed by atoms with Crippen LogP contribution >= 0.6 is 0 Å². The topological polar surface area (TPSA) is 75.8 Å². The lowest BCUT2D eigenvalue weighted by atomic mass is 9.96. The summed E-state index contributed by atoms with van der Waals surface area (Å²) in [6, 6.07) is 11.1. The van der Waals surface area contributed by atoms with E-state index < -0.39 is 5.60 Å². The highest BCUT2D eigenvalue weighted by Gasteiger charge is 2.33. The molecule has 0 bridgehead atoms. The lowest BCUT2D eigenvalue weighted by Crippen LogP contribution is -2.38. The molecule has 1 atom stereocenters. The number of para-hydroxylation sites is 1. The number of benzene rings is 1. The second kappa shape index (κ2) is 7.70. The summed E-state index contributed by atoms with van der Waals surface area (Å²) in [5.41, 5.74) is -0.591. The van der Waals surface area contributed by atoms with Gasteiger partial charge in [-0.3, -0.25) is 4.79 Å². The van der Waals surface area contributed by atoms with Crippen LogP contribution in [-0.2, 0) is 6.42 Å². The first-order valence-corrected chi connectivity index (χ1v) is 8.75. The van der Waals surface area contributed by atoms with E-state index in [2.05, 4.69) is 5.16 Å². The van der Waals surface area contributed by atoms with E-state index in [0.717, 1.165) is 12.2 Å². The van der Waals surface area contributed by atoms with Gasteiger partial charge < -0.3 is 19.3 Å². The molecule has 0 saturated carbocycles. The van der Waals surface area contributed by atoms with Gasteiger partial charge in [-0.15, -0.1) is 0 Å². The van der Waals surface area contributed by atoms with Gasteiger partial charge in [0.1, 0.15) is 23.7 Å². The molecule has 1 aromatic carbocycles. The number of carbonyl (C=O) groups excluding carboxylic acids is 1. The fourth-order valence-electron chi connectivity index (χ4n) is 3.00. The van der Waals surface area contributed by atoms with E-state index in [1.54, 1.807) is 11.0 Å². The lowest BCUT2D eigenvalue weighted by Gasteiger charge is -2.26. The minimum Gasteiger partial charge on any atom is -0.491 e. The number of hydrogen-bond donors (Lipinski definition) is 1. The van der Waals surface area contributed by atoms with Crippen molar-refractivity contribution in [2.24, 2.45) is 0 Å². The molecule has 1 aliphatic rings. The van der Waals surface area contributed by atoms with Crippen LogP contribution in [-0.4, -0.2) is 46.4 Å². The highest BCUT2D eigenvalue weighted by molar-refractivity contribution is 5.92. The third kappa shape index (κ3) is 4.39. The summed E-state index contributed by atoms with van der Waals surface area (Å²) >= 11 is 0. The molecule has 25 heavy (non-hydrogen) atoms. The standard InChI is InChI=1S/C19H24N2O4/c1-2-15-13-17(20-25-15)18(22)21-11-6-9-19(23,10-12-21)14-24-16-7-4-3-5-8-16/h3-5,7-8,13,23H,2,6,9-12,14H2,1H3. The van der Waals surface area contributed by atoms with Crippen molar-refractivity contribution in [3.05, 3.63) is 47.9 Å². The molecule has 1 fully saturated rings. The van der Waals surface area contributed by atoms with Crippen LogP contribution in [0, 0.1) is 0 Å². The van der Waals surface area contributed by atoms with Crippen LogP contribution in [0.15, 0.2) is 40.9 Å². The predicted molar refractivity (Wildman–Crippen MR) is 92.5 cm³/mol. The summed E-state index contributed by atoms with van der Waals surface area (Å²) in [5.74, 6) is 1.30. The van der Waals surface area contributed by atoms with E-state index in [9.17, 15) is 9.90 Å². The van der Waals surface area contributed by atoms with Gasteiger partial charge in [0.15, 0.2) is 5.69 Å². The number of rotatable bonds is 5. The largest absolute Gasteiger partial charge is 0.491 e. The van der Waals surface area contributed by atoms with E-state index in [0.29, 0.717) is 43.8 Å². The summed E-state index contributed by atoms with van der Waals surface area (Å²) < 4.78 is 10.8. The Bertz CT molecular complexity index is 700. The quantitative estimate of drug-likeness (QED) is 0.902. The number of aryl methyl sites for hydroxylation is 1. The molecule has 1 aromatic heterocycles. The van der Waals surface area contributed by atoms with Gasteiger partial charge in [0.25, 0.3) is 5.91 Å². The Labute approximate surface area is 147 Å². The molecule has 2 heterocycles. The van der Waals surface area contributed by atoms with E-state index in [-0.39, 0.29) is 12.5 Å². The third-order valence-corrected chi connectivity index (χ3v) is 4.58. The number of hydrogen-bond acceptors (Lipinski definition) is 5. The summed E-state index contributed by atoms with van der Waals surface area (Å²) in [4.78, 5) is 14.3. The van der Waals surface area contributed by atoms with Crippen LogP contribution in [0.4, 0.5) is 0 Å². The molecule has 6 nitrogen and oxygen atoms in total. The maximum Gasteiger partial charge on any atom is 0.276 e. The Kier molecular flexibility index (Phi) is 5.38. The molecule has 2 aromatic rings. The van der Waals surface area contributed by atoms with Gasteiger partial charge in [0.05, 0.1) is 0 Å². The van der Waals surface area contributed by atoms with Crippen LogP contribution in [0.1, 0.15) is 42.4 Å². The summed E-state index contributed by atoms with van der Waals surface area (Å²) in [5, 5.41) is 14.7. The van der Waals surface area contributed by atoms with Crippen LogP contribution in [0.5, 0.6) is 5.75 Å². The maximum absolute atomic E-state index is 12.6. The maximum atomic E-state index is 12.6. The first-order valence-electron chi connectivity index (χ1n) is 8.75. The number of amides is 1. The third-order valence-electron chi connectivity index (χ3n) is 4.58. The van der Waals surface area contributed by atoms with Crippen LogP contribution in [0.2, 0.25) is 0 Å². The molecule has 1 saturated heterocycles. The van der Waals surface area contributed by atoms with Gasteiger partial charge in [0, 0.05) is 25.6 Å². The summed E-state index contributed by atoms with van der Waals surface area (Å²) in [7, 11) is 0. The molecule has 0 aliphatic carbocycles. The van der Waals surface area contributed by atoms with Crippen molar-refractivity contribution in [3.8, 4) is 5.75 Å². The molecular formula is C19H24N2O4. The van der Waals surface area contributed by atoms with Crippen molar-refractivity contribution in [2.45, 2.75) is 38.2 Å². The molecule has 134 valence electrons. The zero-order chi connectivity index (χ0) is 17.7. The lowest BCUT2D eigenvalue weighted by molar-refractivity contribution is -0.0163. The van der Waals surface area contributed by atoms with Crippen molar-refractivity contribution in [1.29, 1.82) is 0 Å². The first-order chi connectivity index (χ1) is 12.1.